The van der Waals surface area contributed by atoms with Gasteiger partial charge in [-0.2, -0.15) is 0 Å². The summed E-state index contributed by atoms with van der Waals surface area (Å²) >= 11 is 0. The van der Waals surface area contributed by atoms with E-state index in [1.165, 1.54) is 63.1 Å². The predicted molar refractivity (Wildman–Crippen MR) is 90.5 cm³/mol. The normalized spacial score (nSPS) is 11.1. The van der Waals surface area contributed by atoms with E-state index >= 15 is 0 Å². The van der Waals surface area contributed by atoms with Crippen molar-refractivity contribution in [1.82, 2.24) is 0 Å². The quantitative estimate of drug-likeness (QED) is 0.429. The highest BCUT2D eigenvalue weighted by Crippen LogP contribution is 2.19. The Kier molecular flexibility index (Phi) is 9.04. The fourth-order valence-electron chi connectivity index (χ4n) is 2.43. The van der Waals surface area contributed by atoms with Crippen molar-refractivity contribution in [2.45, 2.75) is 64.7 Å². The molecule has 1 aromatic rings. The first kappa shape index (κ1) is 18.3. The van der Waals surface area contributed by atoms with Gasteiger partial charge in [0.2, 0.25) is 0 Å². The molecule has 0 unspecified atom stereocenters. The van der Waals surface area contributed by atoms with E-state index in [1.807, 2.05) is 6.08 Å². The lowest BCUT2D eigenvalue weighted by molar-refractivity contribution is 0.0697. The van der Waals surface area contributed by atoms with Crippen molar-refractivity contribution >= 4 is 5.97 Å². The zero-order chi connectivity index (χ0) is 16.2. The van der Waals surface area contributed by atoms with E-state index in [0.29, 0.717) is 12.0 Å². The summed E-state index contributed by atoms with van der Waals surface area (Å²) in [4.78, 5) is 10.9. The van der Waals surface area contributed by atoms with Crippen molar-refractivity contribution in [1.29, 1.82) is 0 Å². The summed E-state index contributed by atoms with van der Waals surface area (Å²) in [5.74, 6) is -0.807. The molecule has 0 aromatic heterocycles. The van der Waals surface area contributed by atoms with Crippen LogP contribution in [0.3, 0.4) is 0 Å². The third kappa shape index (κ3) is 7.30. The predicted octanol–water partition coefficient (Wildman–Crippen LogP) is 5.33. The molecule has 3 heteroatoms. The molecule has 0 aliphatic heterocycles. The number of aromatic hydroxyl groups is 1. The highest BCUT2D eigenvalue weighted by atomic mass is 16.4. The van der Waals surface area contributed by atoms with Crippen LogP contribution in [0.5, 0.6) is 5.75 Å². The molecule has 0 atom stereocenters. The maximum absolute atomic E-state index is 10.9. The summed E-state index contributed by atoms with van der Waals surface area (Å²) in [5.41, 5.74) is 0.879. The molecule has 22 heavy (non-hydrogen) atoms. The van der Waals surface area contributed by atoms with Gasteiger partial charge in [0.25, 0.3) is 0 Å². The highest BCUT2D eigenvalue weighted by molar-refractivity contribution is 5.88. The van der Waals surface area contributed by atoms with Crippen LogP contribution in [0.25, 0.3) is 0 Å². The van der Waals surface area contributed by atoms with E-state index in [1.54, 1.807) is 0 Å². The lowest BCUT2D eigenvalue weighted by Gasteiger charge is -2.03. The number of allylic oxidation sites excluding steroid dienone is 2. The molecule has 0 aliphatic carbocycles. The molecule has 0 aliphatic rings. The van der Waals surface area contributed by atoms with Gasteiger partial charge >= 0.3 is 5.97 Å². The van der Waals surface area contributed by atoms with Crippen molar-refractivity contribution in [3.8, 4) is 5.75 Å². The fraction of sp³-hybridized carbons (Fsp3) is 0.526. The van der Waals surface area contributed by atoms with Crippen molar-refractivity contribution < 1.29 is 15.0 Å². The average molecular weight is 304 g/mol. The number of carbonyl (C=O) groups is 1. The second-order valence-electron chi connectivity index (χ2n) is 5.73. The van der Waals surface area contributed by atoms with Crippen LogP contribution in [0.1, 0.15) is 74.2 Å². The summed E-state index contributed by atoms with van der Waals surface area (Å²) in [5, 5.41) is 18.7. The molecule has 0 bridgehead atoms. The topological polar surface area (TPSA) is 57.5 Å². The van der Waals surface area contributed by atoms with Gasteiger partial charge < -0.3 is 10.2 Å². The molecule has 2 N–H and O–H groups in total. The summed E-state index contributed by atoms with van der Waals surface area (Å²) < 4.78 is 0. The molecule has 3 nitrogen and oxygen atoms in total. The van der Waals surface area contributed by atoms with Gasteiger partial charge in [0, 0.05) is 0 Å². The SMILES string of the molecule is CCCCCCCCCC=CCc1cc(C(=O)O)ccc1O. The monoisotopic (exact) mass is 304 g/mol. The summed E-state index contributed by atoms with van der Waals surface area (Å²) in [7, 11) is 0. The molecule has 0 radical (unpaired) electrons. The lowest BCUT2D eigenvalue weighted by atomic mass is 10.1. The van der Waals surface area contributed by atoms with Gasteiger partial charge in [-0.05, 0) is 43.0 Å². The van der Waals surface area contributed by atoms with E-state index in [9.17, 15) is 9.90 Å². The molecule has 1 rings (SSSR count). The zero-order valence-electron chi connectivity index (χ0n) is 13.6. The minimum absolute atomic E-state index is 0.158. The highest BCUT2D eigenvalue weighted by Gasteiger charge is 2.06. The zero-order valence-corrected chi connectivity index (χ0v) is 13.6. The van der Waals surface area contributed by atoms with E-state index in [-0.39, 0.29) is 11.3 Å². The number of rotatable bonds is 11. The second kappa shape index (κ2) is 10.9. The first-order valence-corrected chi connectivity index (χ1v) is 8.35. The van der Waals surface area contributed by atoms with Gasteiger partial charge in [0.15, 0.2) is 0 Å². The van der Waals surface area contributed by atoms with Gasteiger partial charge in [-0.15, -0.1) is 0 Å². The molecule has 1 aromatic carbocycles. The second-order valence-corrected chi connectivity index (χ2v) is 5.73. The Bertz CT molecular complexity index is 478. The van der Waals surface area contributed by atoms with E-state index in [2.05, 4.69) is 13.0 Å². The number of phenolic OH excluding ortho intramolecular Hbond substituents is 1. The molecular formula is C19H28O3. The molecule has 0 spiro atoms. The Hall–Kier alpha value is -1.77. The number of phenols is 1. The average Bonchev–Trinajstić information content (AvgIpc) is 2.50. The third-order valence-electron chi connectivity index (χ3n) is 3.81. The van der Waals surface area contributed by atoms with Crippen LogP contribution in [0.15, 0.2) is 30.4 Å². The van der Waals surface area contributed by atoms with Crippen molar-refractivity contribution in [2.75, 3.05) is 0 Å². The largest absolute Gasteiger partial charge is 0.508 e. The Labute approximate surface area is 133 Å². The standard InChI is InChI=1S/C19H28O3/c1-2-3-4-5-6-7-8-9-10-11-12-16-15-17(19(21)22)13-14-18(16)20/h10-11,13-15,20H,2-9,12H2,1H3,(H,21,22). The molecule has 0 fully saturated rings. The lowest BCUT2D eigenvalue weighted by Crippen LogP contribution is -1.97. The van der Waals surface area contributed by atoms with Gasteiger partial charge in [-0.3, -0.25) is 0 Å². The minimum atomic E-state index is -0.965. The molecular weight excluding hydrogens is 276 g/mol. The van der Waals surface area contributed by atoms with E-state index in [4.69, 9.17) is 5.11 Å². The number of unbranched alkanes of at least 4 members (excludes halogenated alkanes) is 7. The van der Waals surface area contributed by atoms with Crippen LogP contribution >= 0.6 is 0 Å². The molecule has 0 saturated carbocycles. The summed E-state index contributed by atoms with van der Waals surface area (Å²) in [6.45, 7) is 2.23. The maximum Gasteiger partial charge on any atom is 0.335 e. The number of carboxylic acids is 1. The van der Waals surface area contributed by atoms with Gasteiger partial charge in [-0.25, -0.2) is 4.79 Å². The molecule has 0 heterocycles. The molecule has 0 amide bonds. The van der Waals surface area contributed by atoms with E-state index in [0.717, 1.165) is 6.42 Å². The minimum Gasteiger partial charge on any atom is -0.508 e. The van der Waals surface area contributed by atoms with Crippen LogP contribution in [0.4, 0.5) is 0 Å². The Morgan fingerprint density at radius 2 is 1.73 bits per heavy atom. The molecule has 122 valence electrons. The van der Waals surface area contributed by atoms with Crippen molar-refractivity contribution in [3.05, 3.63) is 41.5 Å². The Morgan fingerprint density at radius 1 is 1.05 bits per heavy atom. The summed E-state index contributed by atoms with van der Waals surface area (Å²) in [6, 6.07) is 4.40. The number of aromatic carboxylic acids is 1. The third-order valence-corrected chi connectivity index (χ3v) is 3.81. The van der Waals surface area contributed by atoms with Crippen LogP contribution in [-0.2, 0) is 6.42 Å². The van der Waals surface area contributed by atoms with Crippen molar-refractivity contribution in [2.24, 2.45) is 0 Å². The number of hydrogen-bond donors (Lipinski definition) is 2. The number of carboxylic acid groups (broad SMARTS) is 1. The summed E-state index contributed by atoms with van der Waals surface area (Å²) in [6.07, 6.45) is 14.9. The van der Waals surface area contributed by atoms with E-state index < -0.39 is 5.97 Å². The number of hydrogen-bond acceptors (Lipinski definition) is 2. The van der Waals surface area contributed by atoms with Crippen LogP contribution < -0.4 is 0 Å². The molecule has 0 saturated heterocycles. The first-order valence-electron chi connectivity index (χ1n) is 8.35. The van der Waals surface area contributed by atoms with Crippen molar-refractivity contribution in [3.63, 3.8) is 0 Å². The Morgan fingerprint density at radius 3 is 2.41 bits per heavy atom. The van der Waals surface area contributed by atoms with Gasteiger partial charge in [0.1, 0.15) is 5.75 Å². The van der Waals surface area contributed by atoms with Gasteiger partial charge in [0.05, 0.1) is 5.56 Å². The van der Waals surface area contributed by atoms with Crippen LogP contribution in [-0.4, -0.2) is 16.2 Å². The smallest absolute Gasteiger partial charge is 0.335 e. The first-order chi connectivity index (χ1) is 10.6. The fourth-order valence-corrected chi connectivity index (χ4v) is 2.43. The maximum atomic E-state index is 10.9. The van der Waals surface area contributed by atoms with Crippen LogP contribution in [0.2, 0.25) is 0 Å². The van der Waals surface area contributed by atoms with Crippen LogP contribution in [0, 0.1) is 0 Å². The number of benzene rings is 1. The Balaban J connectivity index is 2.23. The van der Waals surface area contributed by atoms with Gasteiger partial charge in [-0.1, -0.05) is 57.6 Å².